The van der Waals surface area contributed by atoms with Gasteiger partial charge in [0.05, 0.1) is 12.5 Å². The highest BCUT2D eigenvalue weighted by Crippen LogP contribution is 2.29. The number of benzene rings is 1. The molecule has 6 nitrogen and oxygen atoms in total. The molecule has 0 saturated heterocycles. The van der Waals surface area contributed by atoms with Crippen molar-refractivity contribution in [2.45, 2.75) is 52.7 Å². The number of carboxylic acids is 1. The summed E-state index contributed by atoms with van der Waals surface area (Å²) < 4.78 is 5.26. The summed E-state index contributed by atoms with van der Waals surface area (Å²) in [4.78, 5) is 27.7. The van der Waals surface area contributed by atoms with E-state index in [0.29, 0.717) is 5.56 Å². The van der Waals surface area contributed by atoms with Crippen LogP contribution in [0.5, 0.6) is 0 Å². The molecule has 0 fully saturated rings. The number of carbonyl (C=O) groups excluding carboxylic acids is 1. The fourth-order valence-electron chi connectivity index (χ4n) is 2.93. The SMILES string of the molecule is Cc1cccc(C)c1-c1cncc([C@@H](CC(=O)O)NC(=O)OC(C)(C)C)c1. The number of hydrogen-bond acceptors (Lipinski definition) is 4. The molecule has 0 aliphatic rings. The van der Waals surface area contributed by atoms with E-state index in [4.69, 9.17) is 4.74 Å². The van der Waals surface area contributed by atoms with Crippen LogP contribution in [0, 0.1) is 13.8 Å². The Morgan fingerprint density at radius 1 is 1.19 bits per heavy atom. The van der Waals surface area contributed by atoms with Crippen LogP contribution in [0.3, 0.4) is 0 Å². The predicted octanol–water partition coefficient (Wildman–Crippen LogP) is 4.41. The van der Waals surface area contributed by atoms with Gasteiger partial charge in [-0.05, 0) is 62.9 Å². The van der Waals surface area contributed by atoms with Crippen molar-refractivity contribution < 1.29 is 19.4 Å². The van der Waals surface area contributed by atoms with Gasteiger partial charge in [-0.3, -0.25) is 9.78 Å². The lowest BCUT2D eigenvalue weighted by Gasteiger charge is -2.23. The minimum absolute atomic E-state index is 0.267. The molecule has 1 aromatic heterocycles. The van der Waals surface area contributed by atoms with Crippen LogP contribution < -0.4 is 5.32 Å². The molecule has 6 heteroatoms. The van der Waals surface area contributed by atoms with Gasteiger partial charge >= 0.3 is 12.1 Å². The van der Waals surface area contributed by atoms with Crippen molar-refractivity contribution in [2.24, 2.45) is 0 Å². The van der Waals surface area contributed by atoms with E-state index in [1.165, 1.54) is 0 Å². The number of carboxylic acid groups (broad SMARTS) is 1. The lowest BCUT2D eigenvalue weighted by Crippen LogP contribution is -2.35. The predicted molar refractivity (Wildman–Crippen MR) is 104 cm³/mol. The Labute approximate surface area is 159 Å². The first-order chi connectivity index (χ1) is 12.6. The lowest BCUT2D eigenvalue weighted by atomic mass is 9.94. The number of nitrogens with one attached hydrogen (secondary N) is 1. The van der Waals surface area contributed by atoms with E-state index in [1.54, 1.807) is 33.2 Å². The molecule has 0 saturated carbocycles. The highest BCUT2D eigenvalue weighted by molar-refractivity contribution is 5.74. The molecule has 2 aromatic rings. The standard InChI is InChI=1S/C21H26N2O4/c1-13-7-6-8-14(2)19(13)16-9-15(11-22-12-16)17(10-18(24)25)23-20(26)27-21(3,4)5/h6-9,11-12,17H,10H2,1-5H3,(H,23,26)(H,24,25)/t17-/m1/s1. The summed E-state index contributed by atoms with van der Waals surface area (Å²) >= 11 is 0. The maximum Gasteiger partial charge on any atom is 0.408 e. The molecule has 0 unspecified atom stereocenters. The smallest absolute Gasteiger partial charge is 0.408 e. The number of carbonyl (C=O) groups is 2. The van der Waals surface area contributed by atoms with E-state index >= 15 is 0 Å². The zero-order valence-electron chi connectivity index (χ0n) is 16.4. The summed E-state index contributed by atoms with van der Waals surface area (Å²) in [6, 6.07) is 7.15. The Bertz CT molecular complexity index is 820. The van der Waals surface area contributed by atoms with Crippen molar-refractivity contribution in [3.05, 3.63) is 53.3 Å². The minimum Gasteiger partial charge on any atom is -0.481 e. The number of ether oxygens (including phenoxy) is 1. The number of aliphatic carboxylic acids is 1. The molecule has 1 heterocycles. The number of nitrogens with zero attached hydrogens (tertiary/aromatic N) is 1. The van der Waals surface area contributed by atoms with E-state index < -0.39 is 23.7 Å². The summed E-state index contributed by atoms with van der Waals surface area (Å²) in [5.41, 5.74) is 4.08. The van der Waals surface area contributed by atoms with Crippen LogP contribution in [-0.4, -0.2) is 27.8 Å². The minimum atomic E-state index is -1.02. The van der Waals surface area contributed by atoms with Gasteiger partial charge in [-0.1, -0.05) is 18.2 Å². The van der Waals surface area contributed by atoms with E-state index in [-0.39, 0.29) is 6.42 Å². The fraction of sp³-hybridized carbons (Fsp3) is 0.381. The van der Waals surface area contributed by atoms with Crippen LogP contribution in [-0.2, 0) is 9.53 Å². The normalized spacial score (nSPS) is 12.3. The van der Waals surface area contributed by atoms with Gasteiger partial charge in [-0.2, -0.15) is 0 Å². The topological polar surface area (TPSA) is 88.5 Å². The molecule has 1 atom stereocenters. The van der Waals surface area contributed by atoms with Crippen molar-refractivity contribution in [1.82, 2.24) is 10.3 Å². The summed E-state index contributed by atoms with van der Waals surface area (Å²) in [5, 5.41) is 11.9. The maximum atomic E-state index is 12.1. The molecular weight excluding hydrogens is 344 g/mol. The molecule has 0 bridgehead atoms. The van der Waals surface area contributed by atoms with Crippen molar-refractivity contribution in [2.75, 3.05) is 0 Å². The summed E-state index contributed by atoms with van der Waals surface area (Å²) in [5.74, 6) is -1.02. The van der Waals surface area contributed by atoms with Crippen LogP contribution in [0.2, 0.25) is 0 Å². The zero-order valence-corrected chi connectivity index (χ0v) is 16.4. The number of rotatable bonds is 5. The third-order valence-electron chi connectivity index (χ3n) is 4.00. The van der Waals surface area contributed by atoms with Crippen molar-refractivity contribution in [1.29, 1.82) is 0 Å². The molecule has 0 spiro atoms. The number of pyridine rings is 1. The third-order valence-corrected chi connectivity index (χ3v) is 4.00. The Hall–Kier alpha value is -2.89. The van der Waals surface area contributed by atoms with E-state index in [1.807, 2.05) is 38.1 Å². The van der Waals surface area contributed by atoms with Gasteiger partial charge in [-0.25, -0.2) is 4.79 Å². The monoisotopic (exact) mass is 370 g/mol. The molecule has 27 heavy (non-hydrogen) atoms. The molecule has 1 amide bonds. The van der Waals surface area contributed by atoms with Crippen LogP contribution in [0.1, 0.15) is 49.9 Å². The summed E-state index contributed by atoms with van der Waals surface area (Å²) in [7, 11) is 0. The van der Waals surface area contributed by atoms with Gasteiger partial charge in [-0.15, -0.1) is 0 Å². The second-order valence-corrected chi connectivity index (χ2v) is 7.57. The number of hydrogen-bond donors (Lipinski definition) is 2. The van der Waals surface area contributed by atoms with Crippen LogP contribution in [0.4, 0.5) is 4.79 Å². The van der Waals surface area contributed by atoms with Gasteiger partial charge in [0.15, 0.2) is 0 Å². The second kappa shape index (κ2) is 8.20. The van der Waals surface area contributed by atoms with Crippen LogP contribution in [0.15, 0.2) is 36.7 Å². The third kappa shape index (κ3) is 5.81. The largest absolute Gasteiger partial charge is 0.481 e. The number of aromatic nitrogens is 1. The van der Waals surface area contributed by atoms with E-state index in [2.05, 4.69) is 10.3 Å². The highest BCUT2D eigenvalue weighted by atomic mass is 16.6. The van der Waals surface area contributed by atoms with Gasteiger partial charge in [0, 0.05) is 18.0 Å². The Balaban J connectivity index is 2.36. The molecule has 1 aromatic carbocycles. The maximum absolute atomic E-state index is 12.1. The number of alkyl carbamates (subject to hydrolysis) is 1. The highest BCUT2D eigenvalue weighted by Gasteiger charge is 2.23. The Morgan fingerprint density at radius 2 is 1.81 bits per heavy atom. The van der Waals surface area contributed by atoms with Crippen LogP contribution >= 0.6 is 0 Å². The zero-order chi connectivity index (χ0) is 20.2. The summed E-state index contributed by atoms with van der Waals surface area (Å²) in [6.07, 6.45) is 2.38. The molecular formula is C21H26N2O4. The van der Waals surface area contributed by atoms with Gasteiger partial charge in [0.25, 0.3) is 0 Å². The van der Waals surface area contributed by atoms with Gasteiger partial charge < -0.3 is 15.2 Å². The van der Waals surface area contributed by atoms with Crippen molar-refractivity contribution >= 4 is 12.1 Å². The fourth-order valence-corrected chi connectivity index (χ4v) is 2.93. The Kier molecular flexibility index (Phi) is 6.20. The average Bonchev–Trinajstić information content (AvgIpc) is 2.52. The average molecular weight is 370 g/mol. The van der Waals surface area contributed by atoms with Gasteiger partial charge in [0.2, 0.25) is 0 Å². The van der Waals surface area contributed by atoms with E-state index in [9.17, 15) is 14.7 Å². The summed E-state index contributed by atoms with van der Waals surface area (Å²) in [6.45, 7) is 9.29. The number of amides is 1. The first-order valence-corrected chi connectivity index (χ1v) is 8.79. The van der Waals surface area contributed by atoms with Crippen molar-refractivity contribution in [3.8, 4) is 11.1 Å². The molecule has 0 aliphatic carbocycles. The second-order valence-electron chi connectivity index (χ2n) is 7.57. The number of aryl methyl sites for hydroxylation is 2. The first-order valence-electron chi connectivity index (χ1n) is 8.79. The lowest BCUT2D eigenvalue weighted by molar-refractivity contribution is -0.137. The van der Waals surface area contributed by atoms with Crippen LogP contribution in [0.25, 0.3) is 11.1 Å². The van der Waals surface area contributed by atoms with Gasteiger partial charge in [0.1, 0.15) is 5.60 Å². The first kappa shape index (κ1) is 20.4. The molecule has 2 rings (SSSR count). The quantitative estimate of drug-likeness (QED) is 0.814. The molecule has 2 N–H and O–H groups in total. The Morgan fingerprint density at radius 3 is 2.37 bits per heavy atom. The van der Waals surface area contributed by atoms with E-state index in [0.717, 1.165) is 22.3 Å². The van der Waals surface area contributed by atoms with Crippen molar-refractivity contribution in [3.63, 3.8) is 0 Å². The molecule has 144 valence electrons. The molecule has 0 aliphatic heterocycles. The molecule has 0 radical (unpaired) electrons.